The summed E-state index contributed by atoms with van der Waals surface area (Å²) in [6.45, 7) is 3.86. The van der Waals surface area contributed by atoms with Crippen LogP contribution in [0.15, 0.2) is 9.21 Å². The standard InChI is InChI=1S/C6H11N3O2/c1-4(2)9-6(10)11-5(3-7)8-9/h4H,3,7H2,1-2H3. The maximum Gasteiger partial charge on any atom is 0.437 e. The van der Waals surface area contributed by atoms with Crippen molar-refractivity contribution in [2.75, 3.05) is 0 Å². The van der Waals surface area contributed by atoms with Gasteiger partial charge in [-0.25, -0.2) is 4.79 Å². The molecule has 0 aliphatic heterocycles. The van der Waals surface area contributed by atoms with Gasteiger partial charge in [-0.15, -0.1) is 5.10 Å². The second kappa shape index (κ2) is 2.87. The van der Waals surface area contributed by atoms with Gasteiger partial charge < -0.3 is 10.2 Å². The van der Waals surface area contributed by atoms with Gasteiger partial charge in [0.1, 0.15) is 0 Å². The Morgan fingerprint density at radius 2 is 2.36 bits per heavy atom. The Balaban J connectivity index is 3.07. The first kappa shape index (κ1) is 8.00. The highest BCUT2D eigenvalue weighted by molar-refractivity contribution is 4.73. The number of hydrogen-bond donors (Lipinski definition) is 1. The Labute approximate surface area is 63.8 Å². The Kier molecular flexibility index (Phi) is 2.09. The van der Waals surface area contributed by atoms with E-state index in [4.69, 9.17) is 10.2 Å². The van der Waals surface area contributed by atoms with Crippen LogP contribution >= 0.6 is 0 Å². The van der Waals surface area contributed by atoms with Crippen LogP contribution in [0.2, 0.25) is 0 Å². The van der Waals surface area contributed by atoms with Gasteiger partial charge in [-0.05, 0) is 13.8 Å². The molecule has 0 aromatic carbocycles. The van der Waals surface area contributed by atoms with Crippen molar-refractivity contribution in [2.45, 2.75) is 26.4 Å². The Morgan fingerprint density at radius 3 is 2.64 bits per heavy atom. The van der Waals surface area contributed by atoms with Gasteiger partial charge in [-0.2, -0.15) is 4.68 Å². The molecule has 0 fully saturated rings. The lowest BCUT2D eigenvalue weighted by Crippen LogP contribution is -2.17. The minimum atomic E-state index is -0.444. The number of nitrogens with zero attached hydrogens (tertiary/aromatic N) is 2. The van der Waals surface area contributed by atoms with Crippen LogP contribution < -0.4 is 11.5 Å². The van der Waals surface area contributed by atoms with Crippen LogP contribution in [-0.4, -0.2) is 9.78 Å². The van der Waals surface area contributed by atoms with Crippen LogP contribution in [0.4, 0.5) is 0 Å². The van der Waals surface area contributed by atoms with Gasteiger partial charge in [0.05, 0.1) is 12.6 Å². The normalized spacial score (nSPS) is 10.9. The zero-order valence-corrected chi connectivity index (χ0v) is 6.57. The molecule has 0 saturated carbocycles. The SMILES string of the molecule is CC(C)n1nc(CN)oc1=O. The topological polar surface area (TPSA) is 74.1 Å². The first-order valence-electron chi connectivity index (χ1n) is 3.43. The Bertz CT molecular complexity index is 286. The number of nitrogens with two attached hydrogens (primary N) is 1. The molecule has 11 heavy (non-hydrogen) atoms. The van der Waals surface area contributed by atoms with E-state index in [-0.39, 0.29) is 18.5 Å². The quantitative estimate of drug-likeness (QED) is 0.649. The molecule has 1 rings (SSSR count). The minimum Gasteiger partial charge on any atom is -0.391 e. The number of aromatic nitrogens is 2. The third-order valence-electron chi connectivity index (χ3n) is 1.28. The van der Waals surface area contributed by atoms with Crippen LogP contribution in [0.5, 0.6) is 0 Å². The molecule has 0 amide bonds. The predicted molar refractivity (Wildman–Crippen MR) is 39.0 cm³/mol. The molecule has 0 aliphatic carbocycles. The summed E-state index contributed by atoms with van der Waals surface area (Å²) in [4.78, 5) is 10.9. The largest absolute Gasteiger partial charge is 0.437 e. The first-order chi connectivity index (χ1) is 5.15. The van der Waals surface area contributed by atoms with E-state index in [9.17, 15) is 4.79 Å². The van der Waals surface area contributed by atoms with Crippen molar-refractivity contribution in [3.63, 3.8) is 0 Å². The second-order valence-corrected chi connectivity index (χ2v) is 2.50. The third kappa shape index (κ3) is 1.48. The molecule has 0 unspecified atom stereocenters. The maximum atomic E-state index is 10.9. The van der Waals surface area contributed by atoms with Gasteiger partial charge in [0, 0.05) is 0 Å². The lowest BCUT2D eigenvalue weighted by molar-refractivity contribution is 0.431. The average Bonchev–Trinajstić information content (AvgIpc) is 2.30. The highest BCUT2D eigenvalue weighted by Gasteiger charge is 2.07. The highest BCUT2D eigenvalue weighted by atomic mass is 16.4. The third-order valence-corrected chi connectivity index (χ3v) is 1.28. The van der Waals surface area contributed by atoms with Crippen LogP contribution in [0, 0.1) is 0 Å². The summed E-state index contributed by atoms with van der Waals surface area (Å²) in [7, 11) is 0. The summed E-state index contributed by atoms with van der Waals surface area (Å²) in [5.41, 5.74) is 5.22. The van der Waals surface area contributed by atoms with Gasteiger partial charge in [-0.3, -0.25) is 0 Å². The molecule has 0 atom stereocenters. The molecular weight excluding hydrogens is 146 g/mol. The molecule has 0 bridgehead atoms. The fourth-order valence-electron chi connectivity index (χ4n) is 0.738. The zero-order valence-electron chi connectivity index (χ0n) is 6.57. The molecule has 5 heteroatoms. The number of rotatable bonds is 2. The van der Waals surface area contributed by atoms with E-state index >= 15 is 0 Å². The van der Waals surface area contributed by atoms with Crippen molar-refractivity contribution >= 4 is 0 Å². The predicted octanol–water partition coefficient (Wildman–Crippen LogP) is -0.124. The van der Waals surface area contributed by atoms with E-state index in [1.54, 1.807) is 0 Å². The molecule has 0 spiro atoms. The van der Waals surface area contributed by atoms with E-state index in [0.29, 0.717) is 0 Å². The van der Waals surface area contributed by atoms with Crippen molar-refractivity contribution in [1.29, 1.82) is 0 Å². The summed E-state index contributed by atoms with van der Waals surface area (Å²) in [6, 6.07) is 0.0200. The Hall–Kier alpha value is -1.10. The molecule has 0 aliphatic rings. The average molecular weight is 157 g/mol. The van der Waals surface area contributed by atoms with E-state index in [2.05, 4.69) is 5.10 Å². The number of hydrogen-bond acceptors (Lipinski definition) is 4. The minimum absolute atomic E-state index is 0.0200. The van der Waals surface area contributed by atoms with E-state index in [0.717, 1.165) is 0 Å². The molecule has 1 aromatic heterocycles. The summed E-state index contributed by atoms with van der Waals surface area (Å²) in [5, 5.41) is 3.84. The van der Waals surface area contributed by atoms with Gasteiger partial charge in [-0.1, -0.05) is 0 Å². The fraction of sp³-hybridized carbons (Fsp3) is 0.667. The van der Waals surface area contributed by atoms with Gasteiger partial charge in [0.15, 0.2) is 0 Å². The summed E-state index contributed by atoms with van der Waals surface area (Å²) < 4.78 is 5.96. The summed E-state index contributed by atoms with van der Waals surface area (Å²) >= 11 is 0. The maximum absolute atomic E-state index is 10.9. The molecule has 62 valence electrons. The second-order valence-electron chi connectivity index (χ2n) is 2.50. The van der Waals surface area contributed by atoms with Crippen LogP contribution in [0.1, 0.15) is 25.8 Å². The molecule has 1 heterocycles. The van der Waals surface area contributed by atoms with Crippen molar-refractivity contribution < 1.29 is 4.42 Å². The van der Waals surface area contributed by atoms with Crippen LogP contribution in [0.25, 0.3) is 0 Å². The van der Waals surface area contributed by atoms with Crippen molar-refractivity contribution in [1.82, 2.24) is 9.78 Å². The van der Waals surface area contributed by atoms with Gasteiger partial charge >= 0.3 is 5.76 Å². The summed E-state index contributed by atoms with van der Waals surface area (Å²) in [5.74, 6) is -0.163. The smallest absolute Gasteiger partial charge is 0.391 e. The van der Waals surface area contributed by atoms with E-state index < -0.39 is 5.76 Å². The lowest BCUT2D eigenvalue weighted by atomic mass is 10.4. The summed E-state index contributed by atoms with van der Waals surface area (Å²) in [6.07, 6.45) is 0. The molecule has 0 radical (unpaired) electrons. The van der Waals surface area contributed by atoms with Crippen LogP contribution in [-0.2, 0) is 6.54 Å². The molecule has 5 nitrogen and oxygen atoms in total. The molecular formula is C6H11N3O2. The van der Waals surface area contributed by atoms with Crippen molar-refractivity contribution in [3.8, 4) is 0 Å². The van der Waals surface area contributed by atoms with Crippen molar-refractivity contribution in [3.05, 3.63) is 16.4 Å². The van der Waals surface area contributed by atoms with Crippen molar-refractivity contribution in [2.24, 2.45) is 5.73 Å². The highest BCUT2D eigenvalue weighted by Crippen LogP contribution is 1.97. The molecule has 1 aromatic rings. The first-order valence-corrected chi connectivity index (χ1v) is 3.43. The molecule has 0 saturated heterocycles. The molecule has 2 N–H and O–H groups in total. The monoisotopic (exact) mass is 157 g/mol. The Morgan fingerprint density at radius 1 is 1.73 bits per heavy atom. The van der Waals surface area contributed by atoms with Gasteiger partial charge in [0.2, 0.25) is 5.89 Å². The van der Waals surface area contributed by atoms with Crippen LogP contribution in [0.3, 0.4) is 0 Å². The van der Waals surface area contributed by atoms with E-state index in [1.165, 1.54) is 4.68 Å². The lowest BCUT2D eigenvalue weighted by Gasteiger charge is -1.98. The van der Waals surface area contributed by atoms with Gasteiger partial charge in [0.25, 0.3) is 0 Å². The fourth-order valence-corrected chi connectivity index (χ4v) is 0.738. The zero-order chi connectivity index (χ0) is 8.43. The van der Waals surface area contributed by atoms with E-state index in [1.807, 2.05) is 13.8 Å².